The maximum absolute atomic E-state index is 12.6. The van der Waals surface area contributed by atoms with E-state index in [4.69, 9.17) is 4.74 Å². The minimum atomic E-state index is 0.120. The monoisotopic (exact) mass is 330 g/mol. The fourth-order valence-electron chi connectivity index (χ4n) is 3.28. The molecule has 0 bridgehead atoms. The molecule has 1 saturated carbocycles. The van der Waals surface area contributed by atoms with E-state index in [-0.39, 0.29) is 12.0 Å². The number of benzene rings is 1. The van der Waals surface area contributed by atoms with Crippen LogP contribution in [0.15, 0.2) is 24.3 Å². The van der Waals surface area contributed by atoms with Crippen molar-refractivity contribution in [2.24, 2.45) is 5.92 Å². The number of carbonyl (C=O) groups excluding carboxylic acids is 1. The highest BCUT2D eigenvalue weighted by Crippen LogP contribution is 2.28. The van der Waals surface area contributed by atoms with Crippen molar-refractivity contribution in [3.8, 4) is 5.75 Å². The molecule has 3 rings (SSSR count). The summed E-state index contributed by atoms with van der Waals surface area (Å²) in [6, 6.07) is 8.48. The lowest BCUT2D eigenvalue weighted by molar-refractivity contribution is -0.131. The lowest BCUT2D eigenvalue weighted by atomic mass is 10.0. The van der Waals surface area contributed by atoms with Crippen molar-refractivity contribution < 1.29 is 9.53 Å². The van der Waals surface area contributed by atoms with Crippen molar-refractivity contribution in [1.82, 2.24) is 10.2 Å². The van der Waals surface area contributed by atoms with Gasteiger partial charge in [0.2, 0.25) is 5.91 Å². The second kappa shape index (κ2) is 8.02. The van der Waals surface area contributed by atoms with Crippen LogP contribution in [0.25, 0.3) is 0 Å². The summed E-state index contributed by atoms with van der Waals surface area (Å²) in [5.74, 6) is 1.97. The second-order valence-electron chi connectivity index (χ2n) is 7.46. The second-order valence-corrected chi connectivity index (χ2v) is 7.46. The molecule has 1 aromatic rings. The Morgan fingerprint density at radius 1 is 1.21 bits per heavy atom. The lowest BCUT2D eigenvalue weighted by Crippen LogP contribution is -2.45. The van der Waals surface area contributed by atoms with E-state index in [0.29, 0.717) is 12.5 Å². The van der Waals surface area contributed by atoms with Crippen LogP contribution in [0.3, 0.4) is 0 Å². The van der Waals surface area contributed by atoms with E-state index in [2.05, 4.69) is 5.32 Å². The first-order valence-corrected chi connectivity index (χ1v) is 9.37. The van der Waals surface area contributed by atoms with Crippen LogP contribution in [0.2, 0.25) is 0 Å². The first-order valence-electron chi connectivity index (χ1n) is 9.37. The predicted molar refractivity (Wildman–Crippen MR) is 96.2 cm³/mol. The molecule has 0 aromatic heterocycles. The molecule has 1 aliphatic carbocycles. The number of nitrogens with one attached hydrogen (secondary N) is 1. The van der Waals surface area contributed by atoms with Gasteiger partial charge in [0.05, 0.1) is 12.5 Å². The smallest absolute Gasteiger partial charge is 0.227 e. The van der Waals surface area contributed by atoms with Crippen molar-refractivity contribution in [1.29, 1.82) is 0 Å². The number of piperidine rings is 1. The first-order chi connectivity index (χ1) is 11.6. The van der Waals surface area contributed by atoms with Gasteiger partial charge in [-0.15, -0.1) is 0 Å². The molecule has 132 valence electrons. The Hall–Kier alpha value is -1.55. The number of likely N-dealkylation sites (tertiary alicyclic amines) is 1. The third-order valence-corrected chi connectivity index (χ3v) is 4.92. The molecule has 1 heterocycles. The van der Waals surface area contributed by atoms with E-state index in [1.165, 1.54) is 19.4 Å². The summed E-state index contributed by atoms with van der Waals surface area (Å²) in [6.45, 7) is 6.93. The molecule has 1 saturated heterocycles. The minimum Gasteiger partial charge on any atom is -0.491 e. The van der Waals surface area contributed by atoms with Gasteiger partial charge in [-0.2, -0.15) is 0 Å². The third kappa shape index (κ3) is 4.97. The Kier molecular flexibility index (Phi) is 5.77. The van der Waals surface area contributed by atoms with Gasteiger partial charge in [0.1, 0.15) is 5.75 Å². The number of hydrogen-bond donors (Lipinski definition) is 1. The summed E-state index contributed by atoms with van der Waals surface area (Å²) >= 11 is 0. The molecule has 0 unspecified atom stereocenters. The van der Waals surface area contributed by atoms with Gasteiger partial charge in [0.15, 0.2) is 0 Å². The van der Waals surface area contributed by atoms with Crippen molar-refractivity contribution in [2.75, 3.05) is 19.6 Å². The van der Waals surface area contributed by atoms with Gasteiger partial charge in [-0.05, 0) is 58.1 Å². The Bertz CT molecular complexity index is 546. The Morgan fingerprint density at radius 2 is 1.92 bits per heavy atom. The summed E-state index contributed by atoms with van der Waals surface area (Å²) in [5.41, 5.74) is 0.991. The van der Waals surface area contributed by atoms with Crippen molar-refractivity contribution in [3.05, 3.63) is 29.8 Å². The fraction of sp³-hybridized carbons (Fsp3) is 0.650. The maximum Gasteiger partial charge on any atom is 0.227 e. The molecule has 4 heteroatoms. The van der Waals surface area contributed by atoms with Crippen LogP contribution >= 0.6 is 0 Å². The molecule has 4 nitrogen and oxygen atoms in total. The number of nitrogens with zero attached hydrogens (tertiary/aromatic N) is 1. The molecule has 1 aliphatic heterocycles. The molecule has 1 aromatic carbocycles. The minimum absolute atomic E-state index is 0.120. The summed E-state index contributed by atoms with van der Waals surface area (Å²) in [6.07, 6.45) is 5.48. The molecule has 1 N–H and O–H groups in total. The molecular weight excluding hydrogens is 300 g/mol. The number of carbonyl (C=O) groups is 1. The topological polar surface area (TPSA) is 41.6 Å². The molecule has 2 fully saturated rings. The van der Waals surface area contributed by atoms with Gasteiger partial charge in [-0.25, -0.2) is 0 Å². The van der Waals surface area contributed by atoms with Gasteiger partial charge < -0.3 is 15.0 Å². The SMILES string of the molecule is CC(C)Oc1ccccc1CC(=O)N1CCC(NCC2CC2)CC1. The van der Waals surface area contributed by atoms with Crippen LogP contribution in [0.4, 0.5) is 0 Å². The fourth-order valence-corrected chi connectivity index (χ4v) is 3.28. The maximum atomic E-state index is 12.6. The van der Waals surface area contributed by atoms with Gasteiger partial charge in [0, 0.05) is 24.7 Å². The summed E-state index contributed by atoms with van der Waals surface area (Å²) in [5, 5.41) is 3.67. The highest BCUT2D eigenvalue weighted by atomic mass is 16.5. The number of ether oxygens (including phenoxy) is 1. The van der Waals surface area contributed by atoms with Crippen molar-refractivity contribution >= 4 is 5.91 Å². The Morgan fingerprint density at radius 3 is 2.58 bits per heavy atom. The van der Waals surface area contributed by atoms with Gasteiger partial charge in [-0.3, -0.25) is 4.79 Å². The van der Waals surface area contributed by atoms with Crippen LogP contribution in [0.5, 0.6) is 5.75 Å². The van der Waals surface area contributed by atoms with E-state index >= 15 is 0 Å². The summed E-state index contributed by atoms with van der Waals surface area (Å²) in [7, 11) is 0. The quantitative estimate of drug-likeness (QED) is 0.835. The predicted octanol–water partition coefficient (Wildman–Crippen LogP) is 3.01. The van der Waals surface area contributed by atoms with E-state index in [1.807, 2.05) is 43.0 Å². The van der Waals surface area contributed by atoms with Crippen LogP contribution in [0, 0.1) is 5.92 Å². The number of rotatable bonds is 7. The van der Waals surface area contributed by atoms with Crippen LogP contribution in [0.1, 0.15) is 45.1 Å². The first kappa shape index (κ1) is 17.3. The van der Waals surface area contributed by atoms with Crippen LogP contribution in [-0.2, 0) is 11.2 Å². The highest BCUT2D eigenvalue weighted by molar-refractivity contribution is 5.79. The number of para-hydroxylation sites is 1. The zero-order chi connectivity index (χ0) is 16.9. The standard InChI is InChI=1S/C20H30N2O2/c1-15(2)24-19-6-4-3-5-17(19)13-20(23)22-11-9-18(10-12-22)21-14-16-7-8-16/h3-6,15-16,18,21H,7-14H2,1-2H3. The molecule has 2 aliphatic rings. The van der Waals surface area contributed by atoms with E-state index < -0.39 is 0 Å². The molecule has 0 spiro atoms. The lowest BCUT2D eigenvalue weighted by Gasteiger charge is -2.32. The van der Waals surface area contributed by atoms with Gasteiger partial charge >= 0.3 is 0 Å². The van der Waals surface area contributed by atoms with E-state index in [0.717, 1.165) is 43.2 Å². The average molecular weight is 330 g/mol. The average Bonchev–Trinajstić information content (AvgIpc) is 3.39. The van der Waals surface area contributed by atoms with E-state index in [9.17, 15) is 4.79 Å². The van der Waals surface area contributed by atoms with Gasteiger partial charge in [0.25, 0.3) is 0 Å². The summed E-state index contributed by atoms with van der Waals surface area (Å²) in [4.78, 5) is 14.7. The normalized spacial score (nSPS) is 18.9. The van der Waals surface area contributed by atoms with Crippen molar-refractivity contribution in [2.45, 2.75) is 58.1 Å². The number of hydrogen-bond acceptors (Lipinski definition) is 3. The van der Waals surface area contributed by atoms with Crippen molar-refractivity contribution in [3.63, 3.8) is 0 Å². The Labute approximate surface area is 145 Å². The molecule has 1 amide bonds. The highest BCUT2D eigenvalue weighted by Gasteiger charge is 2.26. The van der Waals surface area contributed by atoms with Gasteiger partial charge in [-0.1, -0.05) is 18.2 Å². The Balaban J connectivity index is 1.48. The van der Waals surface area contributed by atoms with Crippen LogP contribution < -0.4 is 10.1 Å². The van der Waals surface area contributed by atoms with E-state index in [1.54, 1.807) is 0 Å². The third-order valence-electron chi connectivity index (χ3n) is 4.92. The largest absolute Gasteiger partial charge is 0.491 e. The molecule has 24 heavy (non-hydrogen) atoms. The summed E-state index contributed by atoms with van der Waals surface area (Å²) < 4.78 is 5.83. The molecule has 0 atom stereocenters. The van der Waals surface area contributed by atoms with Crippen LogP contribution in [-0.4, -0.2) is 42.6 Å². The zero-order valence-electron chi connectivity index (χ0n) is 15.0. The zero-order valence-corrected chi connectivity index (χ0v) is 15.0. The molecule has 0 radical (unpaired) electrons. The number of amides is 1. The molecular formula is C20H30N2O2.